The lowest BCUT2D eigenvalue weighted by atomic mass is 10.4. The van der Waals surface area contributed by atoms with Crippen molar-refractivity contribution >= 4 is 43.2 Å². The molecule has 1 N–H and O–H groups in total. The molecule has 0 atom stereocenters. The van der Waals surface area contributed by atoms with Crippen LogP contribution in [0.1, 0.15) is 5.69 Å². The van der Waals surface area contributed by atoms with Crippen LogP contribution in [-0.2, 0) is 10.0 Å². The summed E-state index contributed by atoms with van der Waals surface area (Å²) in [4.78, 5) is 7.70. The minimum Gasteiger partial charge on any atom is -0.278 e. The van der Waals surface area contributed by atoms with Crippen molar-refractivity contribution in [2.24, 2.45) is 0 Å². The molecule has 5 nitrogen and oxygen atoms in total. The average Bonchev–Trinajstić information content (AvgIpc) is 2.35. The summed E-state index contributed by atoms with van der Waals surface area (Å²) in [6, 6.07) is 4.72. The third-order valence-electron chi connectivity index (χ3n) is 2.23. The maximum Gasteiger partial charge on any atom is 0.265 e. The molecule has 0 aliphatic carbocycles. The zero-order valence-electron chi connectivity index (χ0n) is 9.76. The number of rotatable bonds is 3. The second-order valence-corrected chi connectivity index (χ2v) is 6.66. The number of sulfonamides is 1. The molecule has 100 valence electrons. The molecule has 19 heavy (non-hydrogen) atoms. The molecule has 0 bridgehead atoms. The van der Waals surface area contributed by atoms with Gasteiger partial charge in [0.1, 0.15) is 10.0 Å². The lowest BCUT2D eigenvalue weighted by Crippen LogP contribution is -2.14. The molecule has 0 saturated carbocycles. The van der Waals surface area contributed by atoms with E-state index in [1.165, 1.54) is 18.5 Å². The van der Waals surface area contributed by atoms with Crippen molar-refractivity contribution in [3.8, 4) is 0 Å². The third kappa shape index (κ3) is 3.43. The van der Waals surface area contributed by atoms with Crippen LogP contribution in [-0.4, -0.2) is 18.4 Å². The molecule has 0 aromatic carbocycles. The number of hydrogen-bond acceptors (Lipinski definition) is 4. The molecule has 0 spiro atoms. The molecular formula is C11H9BrClN3O2S. The van der Waals surface area contributed by atoms with Crippen molar-refractivity contribution in [1.82, 2.24) is 9.97 Å². The maximum absolute atomic E-state index is 12.2. The lowest BCUT2D eigenvalue weighted by Gasteiger charge is -2.09. The van der Waals surface area contributed by atoms with E-state index >= 15 is 0 Å². The summed E-state index contributed by atoms with van der Waals surface area (Å²) in [7, 11) is -3.79. The van der Waals surface area contributed by atoms with E-state index < -0.39 is 10.0 Å². The minimum absolute atomic E-state index is 0.0872. The highest BCUT2D eigenvalue weighted by Gasteiger charge is 2.19. The fraction of sp³-hybridized carbons (Fsp3) is 0.0909. The van der Waals surface area contributed by atoms with Crippen molar-refractivity contribution in [2.45, 2.75) is 11.8 Å². The van der Waals surface area contributed by atoms with Gasteiger partial charge in [-0.25, -0.2) is 13.4 Å². The zero-order valence-corrected chi connectivity index (χ0v) is 12.9. The Balaban J connectivity index is 2.37. The molecule has 0 radical (unpaired) electrons. The Labute approximate surface area is 124 Å². The summed E-state index contributed by atoms with van der Waals surface area (Å²) in [6.45, 7) is 1.81. The first-order valence-corrected chi connectivity index (χ1v) is 7.80. The van der Waals surface area contributed by atoms with Gasteiger partial charge in [0.15, 0.2) is 0 Å². The standard InChI is InChI=1S/C11H9BrClN3O2S/c1-7-2-3-9(6-14-7)16-19(17,18)10-4-8(12)5-15-11(10)13/h2-6,16H,1H3. The fourth-order valence-corrected chi connectivity index (χ4v) is 3.32. The second-order valence-electron chi connectivity index (χ2n) is 3.74. The fourth-order valence-electron chi connectivity index (χ4n) is 1.33. The first-order valence-electron chi connectivity index (χ1n) is 5.15. The van der Waals surface area contributed by atoms with Crippen LogP contribution in [0.3, 0.4) is 0 Å². The largest absolute Gasteiger partial charge is 0.278 e. The Morgan fingerprint density at radius 2 is 2.00 bits per heavy atom. The van der Waals surface area contributed by atoms with Gasteiger partial charge >= 0.3 is 0 Å². The second kappa shape index (κ2) is 5.44. The molecule has 0 aliphatic rings. The van der Waals surface area contributed by atoms with Gasteiger partial charge < -0.3 is 0 Å². The van der Waals surface area contributed by atoms with Crippen molar-refractivity contribution < 1.29 is 8.42 Å². The molecule has 0 aliphatic heterocycles. The van der Waals surface area contributed by atoms with Crippen LogP contribution < -0.4 is 4.72 Å². The molecule has 0 fully saturated rings. The number of anilines is 1. The lowest BCUT2D eigenvalue weighted by molar-refractivity contribution is 0.601. The summed E-state index contributed by atoms with van der Waals surface area (Å²) in [5, 5.41) is -0.0872. The van der Waals surface area contributed by atoms with E-state index in [0.717, 1.165) is 5.69 Å². The van der Waals surface area contributed by atoms with Gasteiger partial charge in [-0.15, -0.1) is 0 Å². The Hall–Kier alpha value is -1.18. The predicted octanol–water partition coefficient (Wildman–Crippen LogP) is 3.00. The van der Waals surface area contributed by atoms with Gasteiger partial charge in [-0.05, 0) is 41.1 Å². The number of halogens is 2. The molecular weight excluding hydrogens is 354 g/mol. The third-order valence-corrected chi connectivity index (χ3v) is 4.47. The van der Waals surface area contributed by atoms with Gasteiger partial charge in [0.05, 0.1) is 11.9 Å². The van der Waals surface area contributed by atoms with E-state index in [1.54, 1.807) is 12.1 Å². The summed E-state index contributed by atoms with van der Waals surface area (Å²) in [6.07, 6.45) is 2.86. The van der Waals surface area contributed by atoms with E-state index in [0.29, 0.717) is 10.2 Å². The number of pyridine rings is 2. The quantitative estimate of drug-likeness (QED) is 0.852. The van der Waals surface area contributed by atoms with E-state index in [4.69, 9.17) is 11.6 Å². The highest BCUT2D eigenvalue weighted by molar-refractivity contribution is 9.10. The first-order chi connectivity index (χ1) is 8.88. The van der Waals surface area contributed by atoms with Crippen LogP contribution in [0.15, 0.2) is 40.0 Å². The summed E-state index contributed by atoms with van der Waals surface area (Å²) in [5.41, 5.74) is 1.16. The molecule has 8 heteroatoms. The zero-order chi connectivity index (χ0) is 14.0. The van der Waals surface area contributed by atoms with E-state index in [-0.39, 0.29) is 10.0 Å². The van der Waals surface area contributed by atoms with E-state index in [9.17, 15) is 8.42 Å². The molecule has 0 unspecified atom stereocenters. The Bertz CT molecular complexity index is 704. The van der Waals surface area contributed by atoms with Gasteiger partial charge in [-0.3, -0.25) is 9.71 Å². The molecule has 2 heterocycles. The SMILES string of the molecule is Cc1ccc(NS(=O)(=O)c2cc(Br)cnc2Cl)cn1. The highest BCUT2D eigenvalue weighted by atomic mass is 79.9. The molecule has 2 rings (SSSR count). The number of nitrogens with one attached hydrogen (secondary N) is 1. The van der Waals surface area contributed by atoms with Gasteiger partial charge in [0, 0.05) is 16.4 Å². The maximum atomic E-state index is 12.2. The number of nitrogens with zero attached hydrogens (tertiary/aromatic N) is 2. The van der Waals surface area contributed by atoms with Crippen molar-refractivity contribution in [2.75, 3.05) is 4.72 Å². The topological polar surface area (TPSA) is 72.0 Å². The molecule has 2 aromatic heterocycles. The normalized spacial score (nSPS) is 11.3. The van der Waals surface area contributed by atoms with Crippen LogP contribution >= 0.6 is 27.5 Å². The molecule has 2 aromatic rings. The first kappa shape index (κ1) is 14.2. The van der Waals surface area contributed by atoms with Crippen LogP contribution in [0, 0.1) is 6.92 Å². The summed E-state index contributed by atoms with van der Waals surface area (Å²) < 4.78 is 27.3. The minimum atomic E-state index is -3.79. The Morgan fingerprint density at radius 3 is 2.63 bits per heavy atom. The van der Waals surface area contributed by atoms with Crippen LogP contribution in [0.25, 0.3) is 0 Å². The van der Waals surface area contributed by atoms with E-state index in [2.05, 4.69) is 30.6 Å². The predicted molar refractivity (Wildman–Crippen MR) is 76.7 cm³/mol. The average molecular weight is 363 g/mol. The highest BCUT2D eigenvalue weighted by Crippen LogP contribution is 2.24. The van der Waals surface area contributed by atoms with Crippen LogP contribution in [0.5, 0.6) is 0 Å². The molecule has 0 saturated heterocycles. The van der Waals surface area contributed by atoms with Crippen molar-refractivity contribution in [3.05, 3.63) is 45.9 Å². The van der Waals surface area contributed by atoms with Crippen LogP contribution in [0.4, 0.5) is 5.69 Å². The van der Waals surface area contributed by atoms with Crippen LogP contribution in [0.2, 0.25) is 5.15 Å². The van der Waals surface area contributed by atoms with E-state index in [1.807, 2.05) is 6.92 Å². The summed E-state index contributed by atoms with van der Waals surface area (Å²) >= 11 is 8.96. The monoisotopic (exact) mass is 361 g/mol. The smallest absolute Gasteiger partial charge is 0.265 e. The van der Waals surface area contributed by atoms with Gasteiger partial charge in [0.25, 0.3) is 10.0 Å². The van der Waals surface area contributed by atoms with Gasteiger partial charge in [-0.2, -0.15) is 0 Å². The molecule has 0 amide bonds. The summed E-state index contributed by atoms with van der Waals surface area (Å²) in [5.74, 6) is 0. The Kier molecular flexibility index (Phi) is 4.07. The van der Waals surface area contributed by atoms with Crippen molar-refractivity contribution in [3.63, 3.8) is 0 Å². The van der Waals surface area contributed by atoms with Crippen molar-refractivity contribution in [1.29, 1.82) is 0 Å². The van der Waals surface area contributed by atoms with Gasteiger partial charge in [0.2, 0.25) is 0 Å². The Morgan fingerprint density at radius 1 is 1.26 bits per heavy atom. The van der Waals surface area contributed by atoms with Gasteiger partial charge in [-0.1, -0.05) is 11.6 Å². The number of hydrogen-bond donors (Lipinski definition) is 1. The number of aromatic nitrogens is 2. The number of aryl methyl sites for hydroxylation is 1.